The molecule has 1 N–H and O–H groups in total. The molecule has 24 heavy (non-hydrogen) atoms. The molecule has 0 aromatic heterocycles. The van der Waals surface area contributed by atoms with Crippen molar-refractivity contribution < 1.29 is 9.53 Å². The number of hydrogen-bond acceptors (Lipinski definition) is 3. The normalized spacial score (nSPS) is 10.2. The van der Waals surface area contributed by atoms with Gasteiger partial charge in [0.05, 0.1) is 0 Å². The van der Waals surface area contributed by atoms with E-state index in [0.29, 0.717) is 17.4 Å². The van der Waals surface area contributed by atoms with Crippen molar-refractivity contribution in [3.8, 4) is 0 Å². The van der Waals surface area contributed by atoms with Crippen LogP contribution in [0.4, 0.5) is 16.2 Å². The zero-order valence-corrected chi connectivity index (χ0v) is 14.8. The van der Waals surface area contributed by atoms with Crippen LogP contribution in [0.1, 0.15) is 5.56 Å². The van der Waals surface area contributed by atoms with Gasteiger partial charge in [0, 0.05) is 36.2 Å². The fourth-order valence-electron chi connectivity index (χ4n) is 2.21. The Morgan fingerprint density at radius 1 is 0.958 bits per heavy atom. The minimum atomic E-state index is -0.482. The number of nitrogens with one attached hydrogen (secondary N) is 1. The van der Waals surface area contributed by atoms with Gasteiger partial charge in [0.25, 0.3) is 0 Å². The van der Waals surface area contributed by atoms with E-state index < -0.39 is 6.09 Å². The average molecular weight is 367 g/mol. The summed E-state index contributed by atoms with van der Waals surface area (Å²) >= 11 is 11.6. The molecule has 0 bridgehead atoms. The number of rotatable bonds is 8. The topological polar surface area (TPSA) is 41.6 Å². The molecular formula is C18H20Cl2N2O2. The van der Waals surface area contributed by atoms with E-state index in [1.165, 1.54) is 0 Å². The molecule has 0 spiro atoms. The highest BCUT2D eigenvalue weighted by Gasteiger charge is 2.07. The monoisotopic (exact) mass is 366 g/mol. The first-order valence-electron chi connectivity index (χ1n) is 7.67. The summed E-state index contributed by atoms with van der Waals surface area (Å²) in [6.45, 7) is 1.68. The highest BCUT2D eigenvalue weighted by molar-refractivity contribution is 6.18. The van der Waals surface area contributed by atoms with Gasteiger partial charge < -0.3 is 9.64 Å². The minimum absolute atomic E-state index is 0.240. The molecule has 128 valence electrons. The Balaban J connectivity index is 1.87. The number of anilines is 2. The first kappa shape index (κ1) is 18.4. The van der Waals surface area contributed by atoms with Crippen molar-refractivity contribution in [3.05, 3.63) is 60.2 Å². The predicted molar refractivity (Wildman–Crippen MR) is 100 cm³/mol. The summed E-state index contributed by atoms with van der Waals surface area (Å²) in [6, 6.07) is 17.0. The zero-order chi connectivity index (χ0) is 17.2. The van der Waals surface area contributed by atoms with Gasteiger partial charge >= 0.3 is 6.09 Å². The number of benzene rings is 2. The third kappa shape index (κ3) is 5.95. The third-order valence-corrected chi connectivity index (χ3v) is 3.74. The van der Waals surface area contributed by atoms with Crippen LogP contribution in [0.15, 0.2) is 54.6 Å². The van der Waals surface area contributed by atoms with Crippen molar-refractivity contribution in [1.82, 2.24) is 0 Å². The summed E-state index contributed by atoms with van der Waals surface area (Å²) in [5, 5.41) is 2.71. The number of amides is 1. The first-order valence-corrected chi connectivity index (χ1v) is 8.74. The Bertz CT molecular complexity index is 615. The summed E-state index contributed by atoms with van der Waals surface area (Å²) < 4.78 is 5.19. The van der Waals surface area contributed by atoms with E-state index in [1.54, 1.807) is 0 Å². The standard InChI is InChI=1S/C18H20Cl2N2O2/c19-10-12-22(13-11-20)17-8-6-16(7-9-17)21-18(23)24-14-15-4-2-1-3-5-15/h1-9H,10-14H2,(H,21,23). The number of halogens is 2. The SMILES string of the molecule is O=C(Nc1ccc(N(CCCl)CCCl)cc1)OCc1ccccc1. The Labute approximate surface area is 152 Å². The molecule has 0 aliphatic rings. The number of carbonyl (C=O) groups is 1. The molecule has 0 saturated heterocycles. The van der Waals surface area contributed by atoms with Gasteiger partial charge in [0.15, 0.2) is 0 Å². The summed E-state index contributed by atoms with van der Waals surface area (Å²) in [6.07, 6.45) is -0.482. The zero-order valence-electron chi connectivity index (χ0n) is 13.3. The molecule has 2 rings (SSSR count). The van der Waals surface area contributed by atoms with Crippen molar-refractivity contribution in [2.75, 3.05) is 35.1 Å². The highest BCUT2D eigenvalue weighted by atomic mass is 35.5. The maximum Gasteiger partial charge on any atom is 0.411 e. The Kier molecular flexibility index (Phi) is 7.72. The van der Waals surface area contributed by atoms with E-state index in [0.717, 1.165) is 24.3 Å². The highest BCUT2D eigenvalue weighted by Crippen LogP contribution is 2.18. The summed E-state index contributed by atoms with van der Waals surface area (Å²) in [5.41, 5.74) is 2.63. The largest absolute Gasteiger partial charge is 0.444 e. The quantitative estimate of drug-likeness (QED) is 0.687. The van der Waals surface area contributed by atoms with E-state index in [2.05, 4.69) is 10.2 Å². The van der Waals surface area contributed by atoms with Crippen molar-refractivity contribution in [2.24, 2.45) is 0 Å². The molecule has 0 atom stereocenters. The van der Waals surface area contributed by atoms with Crippen LogP contribution in [0, 0.1) is 0 Å². The van der Waals surface area contributed by atoms with E-state index >= 15 is 0 Å². The lowest BCUT2D eigenvalue weighted by Gasteiger charge is -2.23. The molecule has 0 radical (unpaired) electrons. The summed E-state index contributed by atoms with van der Waals surface area (Å²) in [4.78, 5) is 13.9. The van der Waals surface area contributed by atoms with Gasteiger partial charge in [0.1, 0.15) is 6.61 Å². The van der Waals surface area contributed by atoms with Gasteiger partial charge in [0.2, 0.25) is 0 Å². The van der Waals surface area contributed by atoms with Crippen LogP contribution in [0.3, 0.4) is 0 Å². The number of hydrogen-bond donors (Lipinski definition) is 1. The molecule has 0 unspecified atom stereocenters. The maximum absolute atomic E-state index is 11.8. The van der Waals surface area contributed by atoms with Gasteiger partial charge in [-0.2, -0.15) is 0 Å². The fourth-order valence-corrected chi connectivity index (χ4v) is 2.61. The van der Waals surface area contributed by atoms with Crippen LogP contribution < -0.4 is 10.2 Å². The second-order valence-electron chi connectivity index (χ2n) is 5.10. The lowest BCUT2D eigenvalue weighted by molar-refractivity contribution is 0.155. The van der Waals surface area contributed by atoms with E-state index in [9.17, 15) is 4.79 Å². The molecule has 0 aliphatic carbocycles. The van der Waals surface area contributed by atoms with Gasteiger partial charge in [-0.3, -0.25) is 5.32 Å². The summed E-state index contributed by atoms with van der Waals surface area (Å²) in [7, 11) is 0. The lowest BCUT2D eigenvalue weighted by Crippen LogP contribution is -2.27. The smallest absolute Gasteiger partial charge is 0.411 e. The average Bonchev–Trinajstić information content (AvgIpc) is 2.61. The van der Waals surface area contributed by atoms with Crippen molar-refractivity contribution in [3.63, 3.8) is 0 Å². The van der Waals surface area contributed by atoms with Gasteiger partial charge in [-0.05, 0) is 29.8 Å². The summed E-state index contributed by atoms with van der Waals surface area (Å²) in [5.74, 6) is 1.06. The van der Waals surface area contributed by atoms with Crippen LogP contribution in [-0.4, -0.2) is 30.9 Å². The molecule has 2 aromatic rings. The Morgan fingerprint density at radius 3 is 2.17 bits per heavy atom. The fraction of sp³-hybridized carbons (Fsp3) is 0.278. The van der Waals surface area contributed by atoms with Gasteiger partial charge in [-0.15, -0.1) is 23.2 Å². The lowest BCUT2D eigenvalue weighted by atomic mass is 10.2. The first-order chi connectivity index (χ1) is 11.7. The number of ether oxygens (including phenoxy) is 1. The number of alkyl halides is 2. The van der Waals surface area contributed by atoms with Crippen molar-refractivity contribution in [1.29, 1.82) is 0 Å². The molecule has 4 nitrogen and oxygen atoms in total. The van der Waals surface area contributed by atoms with Crippen LogP contribution >= 0.6 is 23.2 Å². The molecular weight excluding hydrogens is 347 g/mol. The van der Waals surface area contributed by atoms with Crippen LogP contribution in [0.25, 0.3) is 0 Å². The van der Waals surface area contributed by atoms with Gasteiger partial charge in [-0.1, -0.05) is 30.3 Å². The Morgan fingerprint density at radius 2 is 1.58 bits per heavy atom. The Hall–Kier alpha value is -1.91. The van der Waals surface area contributed by atoms with E-state index in [1.807, 2.05) is 54.6 Å². The van der Waals surface area contributed by atoms with Crippen molar-refractivity contribution >= 4 is 40.7 Å². The van der Waals surface area contributed by atoms with E-state index in [4.69, 9.17) is 27.9 Å². The molecule has 1 amide bonds. The number of nitrogens with zero attached hydrogens (tertiary/aromatic N) is 1. The van der Waals surface area contributed by atoms with E-state index in [-0.39, 0.29) is 6.61 Å². The second-order valence-corrected chi connectivity index (χ2v) is 5.85. The maximum atomic E-state index is 11.8. The van der Waals surface area contributed by atoms with Crippen LogP contribution in [0.2, 0.25) is 0 Å². The molecule has 2 aromatic carbocycles. The second kappa shape index (κ2) is 10.1. The molecule has 0 saturated carbocycles. The van der Waals surface area contributed by atoms with Crippen LogP contribution in [-0.2, 0) is 11.3 Å². The van der Waals surface area contributed by atoms with Crippen LogP contribution in [0.5, 0.6) is 0 Å². The predicted octanol–water partition coefficient (Wildman–Crippen LogP) is 4.72. The third-order valence-electron chi connectivity index (χ3n) is 3.40. The molecule has 0 heterocycles. The molecule has 6 heteroatoms. The molecule has 0 fully saturated rings. The van der Waals surface area contributed by atoms with Crippen molar-refractivity contribution in [2.45, 2.75) is 6.61 Å². The minimum Gasteiger partial charge on any atom is -0.444 e. The number of carbonyl (C=O) groups excluding carboxylic acids is 1. The van der Waals surface area contributed by atoms with Gasteiger partial charge in [-0.25, -0.2) is 4.79 Å². The molecule has 0 aliphatic heterocycles.